The number of benzene rings is 2. The van der Waals surface area contributed by atoms with E-state index in [0.717, 1.165) is 15.8 Å². The zero-order chi connectivity index (χ0) is 16.6. The highest BCUT2D eigenvalue weighted by Gasteiger charge is 2.37. The van der Waals surface area contributed by atoms with Gasteiger partial charge < -0.3 is 0 Å². The first-order chi connectivity index (χ1) is 10.9. The van der Waals surface area contributed by atoms with Gasteiger partial charge in [0.25, 0.3) is 0 Å². The summed E-state index contributed by atoms with van der Waals surface area (Å²) in [5, 5.41) is 0.341. The largest absolute Gasteiger partial charge is 0.244 e. The molecule has 0 bridgehead atoms. The maximum Gasteiger partial charge on any atom is 0.244 e. The molecule has 1 fully saturated rings. The van der Waals surface area contributed by atoms with E-state index >= 15 is 0 Å². The van der Waals surface area contributed by atoms with E-state index in [0.29, 0.717) is 11.6 Å². The van der Waals surface area contributed by atoms with Crippen molar-refractivity contribution in [3.8, 4) is 0 Å². The summed E-state index contributed by atoms with van der Waals surface area (Å²) >= 11 is 16.9. The molecule has 122 valence electrons. The molecule has 3 nitrogen and oxygen atoms in total. The summed E-state index contributed by atoms with van der Waals surface area (Å²) in [6.07, 6.45) is 0. The molecule has 2 aromatic rings. The molecule has 2 aromatic carbocycles. The van der Waals surface area contributed by atoms with Gasteiger partial charge in [-0.3, -0.25) is 0 Å². The molecule has 3 rings (SSSR count). The second-order valence-electron chi connectivity index (χ2n) is 4.97. The van der Waals surface area contributed by atoms with Gasteiger partial charge in [-0.15, -0.1) is 11.8 Å². The van der Waals surface area contributed by atoms with Crippen molar-refractivity contribution in [2.24, 2.45) is 0 Å². The second kappa shape index (κ2) is 6.94. The van der Waals surface area contributed by atoms with Gasteiger partial charge in [0.2, 0.25) is 10.0 Å². The van der Waals surface area contributed by atoms with Crippen LogP contribution in [0.25, 0.3) is 0 Å². The monoisotopic (exact) mass is 451 g/mol. The highest BCUT2D eigenvalue weighted by molar-refractivity contribution is 9.10. The average molecular weight is 453 g/mol. The number of hydrogen-bond donors (Lipinski definition) is 0. The molecule has 0 radical (unpaired) electrons. The topological polar surface area (TPSA) is 37.4 Å². The van der Waals surface area contributed by atoms with Crippen LogP contribution >= 0.6 is 50.9 Å². The molecular weight excluding hydrogens is 441 g/mol. The third kappa shape index (κ3) is 3.57. The predicted molar refractivity (Wildman–Crippen MR) is 99.7 cm³/mol. The van der Waals surface area contributed by atoms with Crippen LogP contribution in [0.4, 0.5) is 0 Å². The lowest BCUT2D eigenvalue weighted by atomic mass is 10.2. The van der Waals surface area contributed by atoms with Gasteiger partial charge in [-0.25, -0.2) is 8.42 Å². The molecule has 0 aliphatic carbocycles. The van der Waals surface area contributed by atoms with Crippen LogP contribution in [0.5, 0.6) is 0 Å². The molecule has 1 aliphatic heterocycles. The zero-order valence-electron chi connectivity index (χ0n) is 11.7. The molecule has 0 saturated carbocycles. The molecule has 0 N–H and O–H groups in total. The molecule has 0 spiro atoms. The first kappa shape index (κ1) is 17.6. The molecule has 1 saturated heterocycles. The average Bonchev–Trinajstić information content (AvgIpc) is 3.01. The van der Waals surface area contributed by atoms with E-state index in [1.807, 2.05) is 24.3 Å². The van der Waals surface area contributed by atoms with Crippen molar-refractivity contribution in [2.75, 3.05) is 12.3 Å². The van der Waals surface area contributed by atoms with Gasteiger partial charge in [0.1, 0.15) is 0 Å². The van der Waals surface area contributed by atoms with Crippen molar-refractivity contribution in [1.29, 1.82) is 0 Å². The highest BCUT2D eigenvalue weighted by atomic mass is 79.9. The first-order valence-electron chi connectivity index (χ1n) is 6.73. The Labute approximate surface area is 158 Å². The van der Waals surface area contributed by atoms with Crippen molar-refractivity contribution in [2.45, 2.75) is 10.3 Å². The Balaban J connectivity index is 1.97. The van der Waals surface area contributed by atoms with E-state index in [-0.39, 0.29) is 15.3 Å². The van der Waals surface area contributed by atoms with Crippen LogP contribution in [0.1, 0.15) is 10.9 Å². The molecule has 1 aliphatic rings. The summed E-state index contributed by atoms with van der Waals surface area (Å²) in [7, 11) is -3.63. The third-order valence-electron chi connectivity index (χ3n) is 3.50. The van der Waals surface area contributed by atoms with Crippen LogP contribution in [0, 0.1) is 0 Å². The number of thioether (sulfide) groups is 1. The van der Waals surface area contributed by atoms with Crippen LogP contribution < -0.4 is 0 Å². The number of sulfonamides is 1. The van der Waals surface area contributed by atoms with E-state index in [2.05, 4.69) is 15.9 Å². The van der Waals surface area contributed by atoms with Crippen LogP contribution in [0.2, 0.25) is 10.0 Å². The standard InChI is InChI=1S/C15H12BrCl2NO2S2/c16-11-3-1-10(2-4-11)15-19(7-8-22-15)23(20,21)12-5-6-13(17)14(18)9-12/h1-6,9,15H,7-8H2/t15-/m0/s1. The van der Waals surface area contributed by atoms with Crippen LogP contribution in [-0.4, -0.2) is 25.0 Å². The quantitative estimate of drug-likeness (QED) is 0.642. The normalized spacial score (nSPS) is 19.2. The molecule has 8 heteroatoms. The van der Waals surface area contributed by atoms with E-state index in [9.17, 15) is 8.42 Å². The first-order valence-corrected chi connectivity index (χ1v) is 10.8. The van der Waals surface area contributed by atoms with Crippen LogP contribution in [0.3, 0.4) is 0 Å². The summed E-state index contributed by atoms with van der Waals surface area (Å²) in [4.78, 5) is 0.163. The molecule has 23 heavy (non-hydrogen) atoms. The molecule has 0 amide bonds. The fraction of sp³-hybridized carbons (Fsp3) is 0.200. The Morgan fingerprint density at radius 1 is 1.09 bits per heavy atom. The van der Waals surface area contributed by atoms with E-state index in [4.69, 9.17) is 23.2 Å². The SMILES string of the molecule is O=S(=O)(c1ccc(Cl)c(Cl)c1)N1CCS[C@H]1c1ccc(Br)cc1. The van der Waals surface area contributed by atoms with Crippen molar-refractivity contribution >= 4 is 60.9 Å². The van der Waals surface area contributed by atoms with Crippen molar-refractivity contribution in [1.82, 2.24) is 4.31 Å². The fourth-order valence-electron chi connectivity index (χ4n) is 2.36. The zero-order valence-corrected chi connectivity index (χ0v) is 16.5. The van der Waals surface area contributed by atoms with E-state index < -0.39 is 10.0 Å². The second-order valence-corrected chi connectivity index (χ2v) is 9.78. The smallest absolute Gasteiger partial charge is 0.207 e. The third-order valence-corrected chi connectivity index (χ3v) is 8.02. The highest BCUT2D eigenvalue weighted by Crippen LogP contribution is 2.42. The van der Waals surface area contributed by atoms with Gasteiger partial charge in [-0.2, -0.15) is 4.31 Å². The number of nitrogens with zero attached hydrogens (tertiary/aromatic N) is 1. The Morgan fingerprint density at radius 2 is 1.78 bits per heavy atom. The molecule has 1 atom stereocenters. The van der Waals surface area contributed by atoms with Gasteiger partial charge in [0, 0.05) is 16.8 Å². The van der Waals surface area contributed by atoms with Gasteiger partial charge in [0.05, 0.1) is 20.3 Å². The molecule has 1 heterocycles. The van der Waals surface area contributed by atoms with Gasteiger partial charge >= 0.3 is 0 Å². The summed E-state index contributed by atoms with van der Waals surface area (Å²) in [5.41, 5.74) is 0.958. The number of rotatable bonds is 3. The predicted octanol–water partition coefficient (Wildman–Crippen LogP) is 5.19. The number of hydrogen-bond acceptors (Lipinski definition) is 3. The Kier molecular flexibility index (Phi) is 5.30. The van der Waals surface area contributed by atoms with Crippen LogP contribution in [0.15, 0.2) is 51.8 Å². The van der Waals surface area contributed by atoms with E-state index in [1.165, 1.54) is 22.5 Å². The lowest BCUT2D eigenvalue weighted by molar-refractivity contribution is 0.434. The lowest BCUT2D eigenvalue weighted by Crippen LogP contribution is -2.30. The summed E-state index contributed by atoms with van der Waals surface area (Å²) in [6, 6.07) is 12.1. The minimum atomic E-state index is -3.63. The summed E-state index contributed by atoms with van der Waals surface area (Å²) < 4.78 is 28.4. The van der Waals surface area contributed by atoms with Crippen LogP contribution in [-0.2, 0) is 10.0 Å². The maximum absolute atomic E-state index is 13.0. The minimum absolute atomic E-state index is 0.163. The van der Waals surface area contributed by atoms with E-state index in [1.54, 1.807) is 11.8 Å². The minimum Gasteiger partial charge on any atom is -0.207 e. The number of halogens is 3. The maximum atomic E-state index is 13.0. The van der Waals surface area contributed by atoms with Crippen molar-refractivity contribution < 1.29 is 8.42 Å². The fourth-order valence-corrected chi connectivity index (χ4v) is 6.26. The van der Waals surface area contributed by atoms with Gasteiger partial charge in [0.15, 0.2) is 0 Å². The Bertz CT molecular complexity index is 828. The Morgan fingerprint density at radius 3 is 2.43 bits per heavy atom. The lowest BCUT2D eigenvalue weighted by Gasteiger charge is -2.23. The summed E-state index contributed by atoms with van der Waals surface area (Å²) in [6.45, 7) is 0.466. The van der Waals surface area contributed by atoms with Crippen molar-refractivity contribution in [3.05, 3.63) is 62.5 Å². The molecule has 0 aromatic heterocycles. The van der Waals surface area contributed by atoms with Gasteiger partial charge in [-0.1, -0.05) is 51.3 Å². The Hall–Kier alpha value is -0.240. The van der Waals surface area contributed by atoms with Gasteiger partial charge in [-0.05, 0) is 35.9 Å². The van der Waals surface area contributed by atoms with Crippen molar-refractivity contribution in [3.63, 3.8) is 0 Å². The molecule has 0 unspecified atom stereocenters. The summed E-state index contributed by atoms with van der Waals surface area (Å²) in [5.74, 6) is 0.751. The molecular formula is C15H12BrCl2NO2S2.